The van der Waals surface area contributed by atoms with Crippen LogP contribution in [0.5, 0.6) is 0 Å². The summed E-state index contributed by atoms with van der Waals surface area (Å²) >= 11 is 0. The van der Waals surface area contributed by atoms with E-state index >= 15 is 0 Å². The number of hydrogen-bond donors (Lipinski definition) is 2. The number of carbonyl (C=O) groups excluding carboxylic acids is 1. The number of aromatic nitrogens is 3. The summed E-state index contributed by atoms with van der Waals surface area (Å²) in [4.78, 5) is 28.9. The molecule has 5 rings (SSSR count). The first-order valence-corrected chi connectivity index (χ1v) is 12.0. The zero-order valence-corrected chi connectivity index (χ0v) is 19.7. The molecule has 1 saturated heterocycles. The van der Waals surface area contributed by atoms with Gasteiger partial charge >= 0.3 is 6.18 Å². The first-order chi connectivity index (χ1) is 17.2. The van der Waals surface area contributed by atoms with Crippen molar-refractivity contribution in [3.63, 3.8) is 0 Å². The third-order valence-corrected chi connectivity index (χ3v) is 7.34. The fourth-order valence-corrected chi connectivity index (χ4v) is 5.46. The van der Waals surface area contributed by atoms with Crippen molar-refractivity contribution in [3.8, 4) is 0 Å². The van der Waals surface area contributed by atoms with Gasteiger partial charge in [0.2, 0.25) is 5.91 Å². The number of pyridine rings is 1. The zero-order chi connectivity index (χ0) is 25.4. The summed E-state index contributed by atoms with van der Waals surface area (Å²) in [6, 6.07) is 7.40. The largest absolute Gasteiger partial charge is 0.416 e. The van der Waals surface area contributed by atoms with Crippen LogP contribution in [-0.2, 0) is 11.0 Å². The van der Waals surface area contributed by atoms with Crippen molar-refractivity contribution in [2.24, 2.45) is 5.73 Å². The first kappa shape index (κ1) is 24.2. The van der Waals surface area contributed by atoms with Gasteiger partial charge in [0.25, 0.3) is 0 Å². The molecule has 2 fully saturated rings. The molecule has 2 aliphatic rings. The molecule has 0 bridgehead atoms. The molecule has 11 heteroatoms. The van der Waals surface area contributed by atoms with Crippen LogP contribution in [0.15, 0.2) is 42.9 Å². The van der Waals surface area contributed by atoms with Gasteiger partial charge in [-0.15, -0.1) is 0 Å². The van der Waals surface area contributed by atoms with Crippen LogP contribution in [0.1, 0.15) is 42.9 Å². The highest BCUT2D eigenvalue weighted by molar-refractivity contribution is 5.92. The Labute approximate surface area is 206 Å². The van der Waals surface area contributed by atoms with Crippen molar-refractivity contribution in [3.05, 3.63) is 54.1 Å². The molecular weight excluding hydrogens is 471 g/mol. The second-order valence-electron chi connectivity index (χ2n) is 9.61. The van der Waals surface area contributed by atoms with E-state index in [0.29, 0.717) is 36.4 Å². The van der Waals surface area contributed by atoms with Gasteiger partial charge in [-0.05, 0) is 56.0 Å². The Morgan fingerprint density at radius 1 is 1.08 bits per heavy atom. The smallest absolute Gasteiger partial charge is 0.397 e. The number of nitrogens with zero attached hydrogens (tertiary/aromatic N) is 5. The molecule has 1 aromatic carbocycles. The predicted octanol–water partition coefficient (Wildman–Crippen LogP) is 3.33. The number of nitrogens with two attached hydrogens (primary N) is 2. The summed E-state index contributed by atoms with van der Waals surface area (Å²) in [6.07, 6.45) is 2.59. The molecule has 36 heavy (non-hydrogen) atoms. The molecule has 1 aliphatic heterocycles. The van der Waals surface area contributed by atoms with Gasteiger partial charge in [-0.1, -0.05) is 0 Å². The quantitative estimate of drug-likeness (QED) is 0.535. The Morgan fingerprint density at radius 3 is 2.50 bits per heavy atom. The van der Waals surface area contributed by atoms with E-state index in [9.17, 15) is 18.0 Å². The molecule has 0 unspecified atom stereocenters. The standard InChI is InChI=1S/C25H28F3N7O/c26-25(27,28)16-5-8-21-19(10-16)24(33-14-32-21)35(13-22(30)36)18-11-34(12-18)17-6-3-15(4-7-17)23-20(29)2-1-9-31-23/h1-2,5,8-10,14-15,17-18H,3-4,6-7,11-13,29H2,(H2,30,36). The second kappa shape index (κ2) is 9.53. The molecule has 8 nitrogen and oxygen atoms in total. The topological polar surface area (TPSA) is 114 Å². The van der Waals surface area contributed by atoms with Crippen LogP contribution in [0.25, 0.3) is 10.9 Å². The number of rotatable bonds is 6. The number of benzene rings is 1. The summed E-state index contributed by atoms with van der Waals surface area (Å²) in [5.41, 5.74) is 12.9. The molecule has 0 radical (unpaired) electrons. The lowest BCUT2D eigenvalue weighted by Gasteiger charge is -2.50. The molecule has 0 atom stereocenters. The number of amides is 1. The van der Waals surface area contributed by atoms with E-state index in [-0.39, 0.29) is 18.0 Å². The van der Waals surface area contributed by atoms with Crippen LogP contribution in [-0.4, -0.2) is 57.5 Å². The number of halogens is 3. The van der Waals surface area contributed by atoms with Gasteiger partial charge < -0.3 is 16.4 Å². The molecule has 1 amide bonds. The first-order valence-electron chi connectivity index (χ1n) is 12.0. The number of anilines is 2. The fraction of sp³-hybridized carbons (Fsp3) is 0.440. The maximum Gasteiger partial charge on any atom is 0.416 e. The number of carbonyl (C=O) groups is 1. The van der Waals surface area contributed by atoms with Gasteiger partial charge in [0.1, 0.15) is 12.1 Å². The third-order valence-electron chi connectivity index (χ3n) is 7.34. The average molecular weight is 500 g/mol. The van der Waals surface area contributed by atoms with E-state index in [0.717, 1.165) is 49.2 Å². The third kappa shape index (κ3) is 4.79. The molecule has 3 heterocycles. The number of fused-ring (bicyclic) bond motifs is 1. The van der Waals surface area contributed by atoms with Crippen molar-refractivity contribution in [2.45, 2.75) is 49.9 Å². The van der Waals surface area contributed by atoms with Crippen LogP contribution in [0.3, 0.4) is 0 Å². The lowest BCUT2D eigenvalue weighted by Crippen LogP contribution is -2.64. The molecule has 190 valence electrons. The van der Waals surface area contributed by atoms with Gasteiger partial charge in [-0.25, -0.2) is 9.97 Å². The molecule has 4 N–H and O–H groups in total. The maximum atomic E-state index is 13.4. The Balaban J connectivity index is 1.30. The van der Waals surface area contributed by atoms with Gasteiger partial charge in [0.05, 0.1) is 35.0 Å². The van der Waals surface area contributed by atoms with E-state index in [1.807, 2.05) is 12.1 Å². The van der Waals surface area contributed by atoms with Gasteiger partial charge in [-0.3, -0.25) is 14.7 Å². The van der Waals surface area contributed by atoms with Crippen LogP contribution in [0, 0.1) is 0 Å². The van der Waals surface area contributed by atoms with Crippen molar-refractivity contribution >= 4 is 28.3 Å². The van der Waals surface area contributed by atoms with Gasteiger partial charge in [-0.2, -0.15) is 13.2 Å². The van der Waals surface area contributed by atoms with Crippen molar-refractivity contribution in [1.82, 2.24) is 19.9 Å². The van der Waals surface area contributed by atoms with Crippen LogP contribution in [0.4, 0.5) is 24.7 Å². The predicted molar refractivity (Wildman–Crippen MR) is 130 cm³/mol. The summed E-state index contributed by atoms with van der Waals surface area (Å²) in [5, 5.41) is 0.250. The van der Waals surface area contributed by atoms with Gasteiger partial charge in [0, 0.05) is 36.6 Å². The number of alkyl halides is 3. The summed E-state index contributed by atoms with van der Waals surface area (Å²) in [6.45, 7) is 1.23. The van der Waals surface area contributed by atoms with Crippen molar-refractivity contribution in [2.75, 3.05) is 30.3 Å². The molecule has 2 aromatic heterocycles. The molecule has 1 aliphatic carbocycles. The second-order valence-corrected chi connectivity index (χ2v) is 9.61. The Bertz CT molecular complexity index is 1250. The van der Waals surface area contributed by atoms with E-state index in [2.05, 4.69) is 19.9 Å². The Hall–Kier alpha value is -3.47. The normalized spacial score (nSPS) is 21.3. The van der Waals surface area contributed by atoms with Crippen LogP contribution < -0.4 is 16.4 Å². The number of likely N-dealkylation sites (tertiary alicyclic amines) is 1. The molecule has 3 aromatic rings. The summed E-state index contributed by atoms with van der Waals surface area (Å²) < 4.78 is 40.1. The highest BCUT2D eigenvalue weighted by atomic mass is 19.4. The van der Waals surface area contributed by atoms with Crippen LogP contribution >= 0.6 is 0 Å². The van der Waals surface area contributed by atoms with Crippen LogP contribution in [0.2, 0.25) is 0 Å². The number of primary amides is 1. The minimum absolute atomic E-state index is 0.0886. The SMILES string of the molecule is NC(=O)CN(c1ncnc2ccc(C(F)(F)F)cc12)C1CN(C2CCC(c3ncccc3N)CC2)C1. The number of nitrogen functional groups attached to an aromatic ring is 1. The lowest BCUT2D eigenvalue weighted by atomic mass is 9.81. The molecular formula is C25H28F3N7O. The zero-order valence-electron chi connectivity index (χ0n) is 19.7. The Kier molecular flexibility index (Phi) is 6.42. The fourth-order valence-electron chi connectivity index (χ4n) is 5.46. The minimum atomic E-state index is -4.50. The minimum Gasteiger partial charge on any atom is -0.397 e. The maximum absolute atomic E-state index is 13.4. The summed E-state index contributed by atoms with van der Waals surface area (Å²) in [7, 11) is 0. The van der Waals surface area contributed by atoms with Crippen molar-refractivity contribution < 1.29 is 18.0 Å². The Morgan fingerprint density at radius 2 is 1.83 bits per heavy atom. The average Bonchev–Trinajstić information content (AvgIpc) is 2.82. The lowest BCUT2D eigenvalue weighted by molar-refractivity contribution is -0.137. The molecule has 0 spiro atoms. The van der Waals surface area contributed by atoms with Crippen molar-refractivity contribution in [1.29, 1.82) is 0 Å². The van der Waals surface area contributed by atoms with E-state index in [1.54, 1.807) is 11.1 Å². The summed E-state index contributed by atoms with van der Waals surface area (Å²) in [5.74, 6) is 0.0747. The molecule has 1 saturated carbocycles. The highest BCUT2D eigenvalue weighted by Crippen LogP contribution is 2.39. The van der Waals surface area contributed by atoms with Gasteiger partial charge in [0.15, 0.2) is 0 Å². The number of hydrogen-bond acceptors (Lipinski definition) is 7. The van der Waals surface area contributed by atoms with E-state index in [4.69, 9.17) is 11.5 Å². The highest BCUT2D eigenvalue weighted by Gasteiger charge is 2.39. The van der Waals surface area contributed by atoms with E-state index < -0.39 is 17.6 Å². The monoisotopic (exact) mass is 499 g/mol. The van der Waals surface area contributed by atoms with E-state index in [1.165, 1.54) is 12.4 Å².